The Morgan fingerprint density at radius 2 is 1.97 bits per heavy atom. The molecule has 1 amide bonds. The van der Waals surface area contributed by atoms with Crippen molar-refractivity contribution >= 4 is 51.3 Å². The summed E-state index contributed by atoms with van der Waals surface area (Å²) in [7, 11) is 0. The molecule has 0 aliphatic carbocycles. The van der Waals surface area contributed by atoms with Crippen LogP contribution in [0.5, 0.6) is 5.75 Å². The van der Waals surface area contributed by atoms with Crippen LogP contribution < -0.4 is 9.64 Å². The fraction of sp³-hybridized carbons (Fsp3) is 0.120. The topological polar surface area (TPSA) is 80.0 Å². The van der Waals surface area contributed by atoms with Gasteiger partial charge in [-0.3, -0.25) is 14.5 Å². The molecule has 1 unspecified atom stereocenters. The van der Waals surface area contributed by atoms with Crippen LogP contribution in [0.3, 0.4) is 0 Å². The van der Waals surface area contributed by atoms with Gasteiger partial charge in [0.25, 0.3) is 5.91 Å². The van der Waals surface area contributed by atoms with Gasteiger partial charge >= 0.3 is 0 Å². The highest BCUT2D eigenvalue weighted by Crippen LogP contribution is 2.44. The number of amides is 1. The quantitative estimate of drug-likeness (QED) is 0.327. The van der Waals surface area contributed by atoms with Crippen molar-refractivity contribution in [3.63, 3.8) is 0 Å². The highest BCUT2D eigenvalue weighted by atomic mass is 35.5. The van der Waals surface area contributed by atoms with Gasteiger partial charge < -0.3 is 14.3 Å². The van der Waals surface area contributed by atoms with Crippen LogP contribution in [-0.2, 0) is 4.79 Å². The van der Waals surface area contributed by atoms with Gasteiger partial charge in [-0.1, -0.05) is 17.7 Å². The minimum Gasteiger partial charge on any atom is -0.503 e. The van der Waals surface area contributed by atoms with Gasteiger partial charge in [0.15, 0.2) is 11.5 Å². The average molecular weight is 480 g/mol. The van der Waals surface area contributed by atoms with E-state index in [1.54, 1.807) is 48.5 Å². The zero-order valence-corrected chi connectivity index (χ0v) is 19.0. The molecule has 0 fully saturated rings. The maximum absolute atomic E-state index is 13.5. The highest BCUT2D eigenvalue weighted by Gasteiger charge is 2.45. The number of furan rings is 1. The number of aliphatic hydroxyl groups is 1. The minimum atomic E-state index is -0.792. The number of hydrogen-bond donors (Lipinski definition) is 1. The normalized spacial score (nSPS) is 16.1. The van der Waals surface area contributed by atoms with Crippen LogP contribution in [0.4, 0.5) is 5.69 Å². The monoisotopic (exact) mass is 479 g/mol. The lowest BCUT2D eigenvalue weighted by Gasteiger charge is -2.25. The van der Waals surface area contributed by atoms with Crippen molar-refractivity contribution in [1.82, 2.24) is 0 Å². The molecule has 4 aromatic rings. The van der Waals surface area contributed by atoms with E-state index in [-0.39, 0.29) is 11.3 Å². The van der Waals surface area contributed by atoms with Crippen molar-refractivity contribution in [2.45, 2.75) is 13.0 Å². The Labute approximate surface area is 198 Å². The van der Waals surface area contributed by atoms with Gasteiger partial charge in [0.2, 0.25) is 5.78 Å². The predicted molar refractivity (Wildman–Crippen MR) is 127 cm³/mol. The fourth-order valence-corrected chi connectivity index (χ4v) is 4.95. The summed E-state index contributed by atoms with van der Waals surface area (Å²) in [6.07, 6.45) is 0. The third-order valence-corrected chi connectivity index (χ3v) is 6.55. The molecular formula is C25H18ClNO5S. The number of fused-ring (bicyclic) bond motifs is 1. The zero-order valence-electron chi connectivity index (χ0n) is 17.4. The van der Waals surface area contributed by atoms with Gasteiger partial charge in [-0.2, -0.15) is 0 Å². The van der Waals surface area contributed by atoms with E-state index >= 15 is 0 Å². The molecule has 6 nitrogen and oxygen atoms in total. The maximum Gasteiger partial charge on any atom is 0.294 e. The number of aliphatic hydroxyl groups excluding tert-OH is 1. The van der Waals surface area contributed by atoms with Gasteiger partial charge in [-0.25, -0.2) is 0 Å². The van der Waals surface area contributed by atoms with Crippen LogP contribution in [-0.4, -0.2) is 23.4 Å². The largest absolute Gasteiger partial charge is 0.503 e. The average Bonchev–Trinajstić information content (AvgIpc) is 3.53. The molecule has 166 valence electrons. The first kappa shape index (κ1) is 21.3. The Kier molecular flexibility index (Phi) is 5.44. The number of thiophene rings is 1. The van der Waals surface area contributed by atoms with E-state index < -0.39 is 23.5 Å². The molecule has 2 aromatic carbocycles. The summed E-state index contributed by atoms with van der Waals surface area (Å²) in [5.74, 6) is -1.11. The first-order chi connectivity index (χ1) is 16.0. The van der Waals surface area contributed by atoms with Crippen molar-refractivity contribution < 1.29 is 23.8 Å². The van der Waals surface area contributed by atoms with Gasteiger partial charge in [0.1, 0.15) is 17.4 Å². The number of carbonyl (C=O) groups is 2. The Bertz CT molecular complexity index is 1390. The number of ether oxygens (including phenoxy) is 1. The van der Waals surface area contributed by atoms with Crippen molar-refractivity contribution in [1.29, 1.82) is 0 Å². The van der Waals surface area contributed by atoms with Crippen molar-refractivity contribution in [2.75, 3.05) is 11.5 Å². The molecule has 0 radical (unpaired) electrons. The van der Waals surface area contributed by atoms with Gasteiger partial charge in [0.05, 0.1) is 12.2 Å². The van der Waals surface area contributed by atoms with Crippen LogP contribution >= 0.6 is 22.9 Å². The third-order valence-electron chi connectivity index (χ3n) is 5.39. The number of carbonyl (C=O) groups excluding carboxylic acids is 2. The number of nitrogens with zero attached hydrogens (tertiary/aromatic N) is 1. The smallest absolute Gasteiger partial charge is 0.294 e. The molecule has 1 N–H and O–H groups in total. The molecule has 2 aromatic heterocycles. The first-order valence-electron chi connectivity index (χ1n) is 10.2. The van der Waals surface area contributed by atoms with E-state index in [0.29, 0.717) is 34.0 Å². The molecule has 1 aliphatic heterocycles. The van der Waals surface area contributed by atoms with E-state index in [2.05, 4.69) is 0 Å². The van der Waals surface area contributed by atoms with E-state index in [4.69, 9.17) is 20.8 Å². The Hall–Kier alpha value is -3.55. The Balaban J connectivity index is 1.59. The lowest BCUT2D eigenvalue weighted by Crippen LogP contribution is -2.30. The van der Waals surface area contributed by atoms with Crippen LogP contribution in [0, 0.1) is 0 Å². The summed E-state index contributed by atoms with van der Waals surface area (Å²) in [6, 6.07) is 16.4. The molecule has 3 heterocycles. The molecule has 0 saturated carbocycles. The second-order valence-corrected chi connectivity index (χ2v) is 8.82. The summed E-state index contributed by atoms with van der Waals surface area (Å²) < 4.78 is 11.2. The van der Waals surface area contributed by atoms with Crippen molar-refractivity contribution in [2.24, 2.45) is 0 Å². The molecule has 1 atom stereocenters. The van der Waals surface area contributed by atoms with Gasteiger partial charge in [0, 0.05) is 21.0 Å². The molecule has 5 rings (SSSR count). The molecular weight excluding hydrogens is 462 g/mol. The van der Waals surface area contributed by atoms with Crippen molar-refractivity contribution in [3.8, 4) is 5.75 Å². The number of halogens is 1. The summed E-state index contributed by atoms with van der Waals surface area (Å²) in [6.45, 7) is 2.40. The summed E-state index contributed by atoms with van der Waals surface area (Å²) in [5.41, 5.74) is 0.997. The lowest BCUT2D eigenvalue weighted by atomic mass is 10.00. The van der Waals surface area contributed by atoms with Crippen LogP contribution in [0.15, 0.2) is 81.8 Å². The lowest BCUT2D eigenvalue weighted by molar-refractivity contribution is -0.117. The Morgan fingerprint density at radius 3 is 2.67 bits per heavy atom. The second kappa shape index (κ2) is 8.42. The molecule has 1 aliphatic rings. The number of rotatable bonds is 6. The van der Waals surface area contributed by atoms with E-state index in [0.717, 1.165) is 4.88 Å². The highest BCUT2D eigenvalue weighted by molar-refractivity contribution is 7.10. The fourth-order valence-electron chi connectivity index (χ4n) is 3.95. The van der Waals surface area contributed by atoms with Crippen molar-refractivity contribution in [3.05, 3.63) is 93.0 Å². The van der Waals surface area contributed by atoms with E-state index in [1.165, 1.54) is 16.2 Å². The first-order valence-corrected chi connectivity index (χ1v) is 11.5. The summed E-state index contributed by atoms with van der Waals surface area (Å²) in [5, 5.41) is 13.9. The molecule has 33 heavy (non-hydrogen) atoms. The summed E-state index contributed by atoms with van der Waals surface area (Å²) in [4.78, 5) is 28.9. The Morgan fingerprint density at radius 1 is 1.18 bits per heavy atom. The van der Waals surface area contributed by atoms with Crippen LogP contribution in [0.25, 0.3) is 11.0 Å². The van der Waals surface area contributed by atoms with Crippen LogP contribution in [0.2, 0.25) is 5.02 Å². The number of anilines is 1. The maximum atomic E-state index is 13.5. The van der Waals surface area contributed by atoms with E-state index in [1.807, 2.05) is 24.4 Å². The number of Topliss-reactive ketones (excluding diaryl/α,β-unsaturated/α-hetero) is 1. The van der Waals surface area contributed by atoms with Gasteiger partial charge in [-0.05, 0) is 66.9 Å². The summed E-state index contributed by atoms with van der Waals surface area (Å²) >= 11 is 7.44. The molecule has 0 saturated heterocycles. The second-order valence-electron chi connectivity index (χ2n) is 7.40. The van der Waals surface area contributed by atoms with E-state index in [9.17, 15) is 14.7 Å². The molecule has 0 bridgehead atoms. The third kappa shape index (κ3) is 3.69. The SMILES string of the molecule is CCOc1ccc(N2C(=O)C(O)=C(C(=O)c3cc4cc(Cl)ccc4o3)C2c2cccs2)cc1. The zero-order chi connectivity index (χ0) is 23.1. The predicted octanol–water partition coefficient (Wildman–Crippen LogP) is 6.33. The number of ketones is 1. The molecule has 0 spiro atoms. The number of benzene rings is 2. The minimum absolute atomic E-state index is 0.0247. The van der Waals surface area contributed by atoms with Gasteiger partial charge in [-0.15, -0.1) is 11.3 Å². The molecule has 8 heteroatoms. The van der Waals surface area contributed by atoms with Crippen LogP contribution in [0.1, 0.15) is 28.4 Å². The number of hydrogen-bond acceptors (Lipinski definition) is 6. The standard InChI is InChI=1S/C25H18ClNO5S/c1-2-31-17-8-6-16(7-9-17)27-22(20-4-3-11-33-20)21(24(29)25(27)30)23(28)19-13-14-12-15(26)5-10-18(14)32-19/h3-13,22,29H,2H2,1H3.